The number of aliphatic hydroxyl groups excluding tert-OH is 1. The Labute approximate surface area is 122 Å². The lowest BCUT2D eigenvalue weighted by atomic mass is 9.86. The van der Waals surface area contributed by atoms with Crippen molar-refractivity contribution in [3.05, 3.63) is 23.8 Å². The fourth-order valence-electron chi connectivity index (χ4n) is 2.25. The molecule has 0 aliphatic carbocycles. The predicted octanol–water partition coefficient (Wildman–Crippen LogP) is 2.44. The van der Waals surface area contributed by atoms with E-state index in [1.807, 2.05) is 12.1 Å². The monoisotopic (exact) mass is 281 g/mol. The Kier molecular flexibility index (Phi) is 6.30. The Morgan fingerprint density at radius 1 is 1.15 bits per heavy atom. The third-order valence-electron chi connectivity index (χ3n) is 3.28. The largest absolute Gasteiger partial charge is 0.494 e. The summed E-state index contributed by atoms with van der Waals surface area (Å²) in [6, 6.07) is 6.16. The minimum Gasteiger partial charge on any atom is -0.494 e. The summed E-state index contributed by atoms with van der Waals surface area (Å²) in [7, 11) is 3.38. The van der Waals surface area contributed by atoms with Crippen LogP contribution in [-0.4, -0.2) is 45.6 Å². The molecule has 114 valence electrons. The number of hydrogen-bond donors (Lipinski definition) is 1. The molecule has 0 atom stereocenters. The average Bonchev–Trinajstić information content (AvgIpc) is 2.41. The minimum absolute atomic E-state index is 0.00743. The van der Waals surface area contributed by atoms with Gasteiger partial charge in [-0.05, 0) is 11.5 Å². The SMILES string of the molecule is COCCN(CCO)c1cccc(C(C)(C)C)c1OC. The molecule has 0 heterocycles. The minimum atomic E-state index is 0.00743. The van der Waals surface area contributed by atoms with Gasteiger partial charge < -0.3 is 19.5 Å². The van der Waals surface area contributed by atoms with E-state index in [0.29, 0.717) is 13.2 Å². The molecular weight excluding hydrogens is 254 g/mol. The van der Waals surface area contributed by atoms with E-state index >= 15 is 0 Å². The van der Waals surface area contributed by atoms with Gasteiger partial charge in [-0.25, -0.2) is 0 Å². The van der Waals surface area contributed by atoms with Crippen LogP contribution in [0.2, 0.25) is 0 Å². The average molecular weight is 281 g/mol. The maximum absolute atomic E-state index is 9.27. The van der Waals surface area contributed by atoms with Crippen LogP contribution < -0.4 is 9.64 Å². The highest BCUT2D eigenvalue weighted by Gasteiger charge is 2.22. The van der Waals surface area contributed by atoms with Gasteiger partial charge in [0.25, 0.3) is 0 Å². The van der Waals surface area contributed by atoms with Gasteiger partial charge in [0.15, 0.2) is 0 Å². The zero-order valence-corrected chi connectivity index (χ0v) is 13.3. The lowest BCUT2D eigenvalue weighted by Gasteiger charge is -2.29. The molecule has 4 heteroatoms. The second-order valence-electron chi connectivity index (χ2n) is 5.81. The molecule has 1 N–H and O–H groups in total. The van der Waals surface area contributed by atoms with Crippen molar-refractivity contribution in [3.8, 4) is 5.75 Å². The molecule has 20 heavy (non-hydrogen) atoms. The van der Waals surface area contributed by atoms with E-state index in [0.717, 1.165) is 23.5 Å². The number of aliphatic hydroxyl groups is 1. The molecule has 0 aromatic heterocycles. The number of para-hydroxylation sites is 1. The lowest BCUT2D eigenvalue weighted by molar-refractivity contribution is 0.202. The molecule has 0 amide bonds. The summed E-state index contributed by atoms with van der Waals surface area (Å²) in [6.07, 6.45) is 0. The first-order valence-corrected chi connectivity index (χ1v) is 6.98. The summed E-state index contributed by atoms with van der Waals surface area (Å²) in [5.41, 5.74) is 2.18. The molecule has 0 bridgehead atoms. The van der Waals surface area contributed by atoms with Crippen LogP contribution in [0, 0.1) is 0 Å². The summed E-state index contributed by atoms with van der Waals surface area (Å²) in [6.45, 7) is 8.50. The van der Waals surface area contributed by atoms with Crippen LogP contribution in [0.5, 0.6) is 5.75 Å². The van der Waals surface area contributed by atoms with Crippen molar-refractivity contribution in [2.24, 2.45) is 0 Å². The second-order valence-corrected chi connectivity index (χ2v) is 5.81. The highest BCUT2D eigenvalue weighted by Crippen LogP contribution is 2.38. The van der Waals surface area contributed by atoms with E-state index in [4.69, 9.17) is 9.47 Å². The predicted molar refractivity (Wildman–Crippen MR) is 82.9 cm³/mol. The van der Waals surface area contributed by atoms with Crippen molar-refractivity contribution in [1.82, 2.24) is 0 Å². The van der Waals surface area contributed by atoms with Crippen LogP contribution in [0.1, 0.15) is 26.3 Å². The van der Waals surface area contributed by atoms with E-state index in [9.17, 15) is 5.11 Å². The Morgan fingerprint density at radius 3 is 2.35 bits per heavy atom. The van der Waals surface area contributed by atoms with Crippen LogP contribution in [-0.2, 0) is 10.2 Å². The first kappa shape index (κ1) is 16.8. The summed E-state index contributed by atoms with van der Waals surface area (Å²) in [5.74, 6) is 0.879. The number of benzene rings is 1. The number of ether oxygens (including phenoxy) is 2. The van der Waals surface area contributed by atoms with Crippen LogP contribution in [0.4, 0.5) is 5.69 Å². The molecule has 0 saturated carbocycles. The highest BCUT2D eigenvalue weighted by atomic mass is 16.5. The fourth-order valence-corrected chi connectivity index (χ4v) is 2.25. The number of anilines is 1. The highest BCUT2D eigenvalue weighted by molar-refractivity contribution is 5.63. The van der Waals surface area contributed by atoms with Gasteiger partial charge in [-0.1, -0.05) is 32.9 Å². The second kappa shape index (κ2) is 7.50. The van der Waals surface area contributed by atoms with Crippen molar-refractivity contribution >= 4 is 5.69 Å². The molecule has 1 aromatic rings. The number of rotatable bonds is 7. The molecule has 0 fully saturated rings. The topological polar surface area (TPSA) is 41.9 Å². The Bertz CT molecular complexity index is 413. The fraction of sp³-hybridized carbons (Fsp3) is 0.625. The normalized spacial score (nSPS) is 11.5. The third-order valence-corrected chi connectivity index (χ3v) is 3.28. The van der Waals surface area contributed by atoms with Crippen molar-refractivity contribution in [3.63, 3.8) is 0 Å². The molecule has 0 saturated heterocycles. The zero-order valence-electron chi connectivity index (χ0n) is 13.3. The van der Waals surface area contributed by atoms with Gasteiger partial charge >= 0.3 is 0 Å². The molecule has 1 aromatic carbocycles. The van der Waals surface area contributed by atoms with E-state index in [-0.39, 0.29) is 12.0 Å². The summed E-state index contributed by atoms with van der Waals surface area (Å²) in [4.78, 5) is 2.09. The third kappa shape index (κ3) is 4.12. The first-order valence-electron chi connectivity index (χ1n) is 6.98. The summed E-state index contributed by atoms with van der Waals surface area (Å²) < 4.78 is 10.8. The quantitative estimate of drug-likeness (QED) is 0.833. The molecule has 4 nitrogen and oxygen atoms in total. The summed E-state index contributed by atoms with van der Waals surface area (Å²) >= 11 is 0. The summed E-state index contributed by atoms with van der Waals surface area (Å²) in [5, 5.41) is 9.27. The van der Waals surface area contributed by atoms with Gasteiger partial charge in [0.05, 0.1) is 26.0 Å². The van der Waals surface area contributed by atoms with Gasteiger partial charge in [-0.15, -0.1) is 0 Å². The van der Waals surface area contributed by atoms with Crippen LogP contribution in [0.25, 0.3) is 0 Å². The van der Waals surface area contributed by atoms with Gasteiger partial charge in [-0.2, -0.15) is 0 Å². The molecule has 0 unspecified atom stereocenters. The van der Waals surface area contributed by atoms with E-state index in [2.05, 4.69) is 31.7 Å². The first-order chi connectivity index (χ1) is 9.45. The van der Waals surface area contributed by atoms with Crippen molar-refractivity contribution in [2.75, 3.05) is 45.4 Å². The van der Waals surface area contributed by atoms with Crippen molar-refractivity contribution < 1.29 is 14.6 Å². The number of nitrogens with zero attached hydrogens (tertiary/aromatic N) is 1. The van der Waals surface area contributed by atoms with Crippen LogP contribution in [0.3, 0.4) is 0 Å². The molecule has 0 spiro atoms. The molecule has 0 radical (unpaired) electrons. The zero-order chi connectivity index (χ0) is 15.2. The van der Waals surface area contributed by atoms with Gasteiger partial charge in [0.1, 0.15) is 5.75 Å². The number of methoxy groups -OCH3 is 2. The maximum Gasteiger partial charge on any atom is 0.145 e. The van der Waals surface area contributed by atoms with Crippen molar-refractivity contribution in [1.29, 1.82) is 0 Å². The smallest absolute Gasteiger partial charge is 0.145 e. The van der Waals surface area contributed by atoms with E-state index in [1.165, 1.54) is 0 Å². The van der Waals surface area contributed by atoms with Gasteiger partial charge in [-0.3, -0.25) is 0 Å². The van der Waals surface area contributed by atoms with Crippen molar-refractivity contribution in [2.45, 2.75) is 26.2 Å². The van der Waals surface area contributed by atoms with E-state index < -0.39 is 0 Å². The van der Waals surface area contributed by atoms with E-state index in [1.54, 1.807) is 14.2 Å². The Morgan fingerprint density at radius 2 is 1.85 bits per heavy atom. The standard InChI is InChI=1S/C16H27NO3/c1-16(2,3)13-7-6-8-14(15(13)20-5)17(9-11-18)10-12-19-4/h6-8,18H,9-12H2,1-5H3. The molecule has 1 rings (SSSR count). The maximum atomic E-state index is 9.27. The Hall–Kier alpha value is -1.26. The van der Waals surface area contributed by atoms with Gasteiger partial charge in [0.2, 0.25) is 0 Å². The lowest BCUT2D eigenvalue weighted by Crippen LogP contribution is -2.31. The van der Waals surface area contributed by atoms with Gasteiger partial charge in [0, 0.05) is 25.8 Å². The molecular formula is C16H27NO3. The number of hydrogen-bond acceptors (Lipinski definition) is 4. The molecule has 0 aliphatic heterocycles. The van der Waals surface area contributed by atoms with Crippen LogP contribution >= 0.6 is 0 Å². The Balaban J connectivity index is 3.20. The molecule has 0 aliphatic rings. The van der Waals surface area contributed by atoms with Crippen LogP contribution in [0.15, 0.2) is 18.2 Å².